The van der Waals surface area contributed by atoms with E-state index in [9.17, 15) is 0 Å². The summed E-state index contributed by atoms with van der Waals surface area (Å²) in [6, 6.07) is 16.6. The molecule has 3 heteroatoms. The molecule has 3 unspecified atom stereocenters. The zero-order chi connectivity index (χ0) is 14.1. The van der Waals surface area contributed by atoms with Crippen LogP contribution in [0.25, 0.3) is 0 Å². The Kier molecular flexibility index (Phi) is 3.81. The van der Waals surface area contributed by atoms with Crippen LogP contribution in [0.4, 0.5) is 0 Å². The molecule has 0 heterocycles. The van der Waals surface area contributed by atoms with Gasteiger partial charge in [0, 0.05) is 10.5 Å². The molecule has 2 aromatic rings. The highest BCUT2D eigenvalue weighted by molar-refractivity contribution is 9.10. The van der Waals surface area contributed by atoms with Gasteiger partial charge < -0.3 is 10.5 Å². The fourth-order valence-electron chi connectivity index (χ4n) is 2.69. The summed E-state index contributed by atoms with van der Waals surface area (Å²) in [7, 11) is 0. The highest BCUT2D eigenvalue weighted by Gasteiger charge is 2.35. The molecular formula is C17H18BrNO. The van der Waals surface area contributed by atoms with Gasteiger partial charge in [-0.3, -0.25) is 0 Å². The first-order valence-electron chi connectivity index (χ1n) is 6.92. The minimum absolute atomic E-state index is 0.360. The first-order chi connectivity index (χ1) is 9.63. The minimum Gasteiger partial charge on any atom is -0.457 e. The normalized spacial score (nSPS) is 25.1. The van der Waals surface area contributed by atoms with Gasteiger partial charge in [-0.15, -0.1) is 0 Å². The standard InChI is InChI=1S/C17H18BrNO/c1-11-16(10-17(11)19)12-2-6-14(7-3-12)20-15-8-4-13(18)5-9-15/h2-9,11,16-17H,10,19H2,1H3. The molecule has 1 aliphatic rings. The third-order valence-corrected chi connectivity index (χ3v) is 4.72. The van der Waals surface area contributed by atoms with Crippen LogP contribution in [0, 0.1) is 5.92 Å². The second-order valence-electron chi connectivity index (χ2n) is 5.49. The number of ether oxygens (including phenoxy) is 1. The van der Waals surface area contributed by atoms with Gasteiger partial charge in [-0.2, -0.15) is 0 Å². The fourth-order valence-corrected chi connectivity index (χ4v) is 2.95. The molecule has 0 amide bonds. The molecule has 20 heavy (non-hydrogen) atoms. The number of halogens is 1. The van der Waals surface area contributed by atoms with Crippen molar-refractivity contribution in [1.29, 1.82) is 0 Å². The molecule has 0 saturated heterocycles. The van der Waals surface area contributed by atoms with Gasteiger partial charge in [0.05, 0.1) is 0 Å². The molecule has 0 radical (unpaired) electrons. The lowest BCUT2D eigenvalue weighted by molar-refractivity contribution is 0.226. The summed E-state index contributed by atoms with van der Waals surface area (Å²) < 4.78 is 6.87. The van der Waals surface area contributed by atoms with Gasteiger partial charge >= 0.3 is 0 Å². The Balaban J connectivity index is 1.69. The molecule has 3 atom stereocenters. The Labute approximate surface area is 128 Å². The van der Waals surface area contributed by atoms with Gasteiger partial charge in [-0.1, -0.05) is 35.0 Å². The highest BCUT2D eigenvalue weighted by Crippen LogP contribution is 2.41. The molecule has 1 fully saturated rings. The number of hydrogen-bond donors (Lipinski definition) is 1. The number of nitrogens with two attached hydrogens (primary N) is 1. The molecule has 0 bridgehead atoms. The monoisotopic (exact) mass is 331 g/mol. The largest absolute Gasteiger partial charge is 0.457 e. The summed E-state index contributed by atoms with van der Waals surface area (Å²) in [4.78, 5) is 0. The average molecular weight is 332 g/mol. The fraction of sp³-hybridized carbons (Fsp3) is 0.294. The lowest BCUT2D eigenvalue weighted by atomic mass is 9.67. The van der Waals surface area contributed by atoms with E-state index in [0.717, 1.165) is 22.4 Å². The summed E-state index contributed by atoms with van der Waals surface area (Å²) >= 11 is 3.42. The summed E-state index contributed by atoms with van der Waals surface area (Å²) in [5.74, 6) is 2.90. The van der Waals surface area contributed by atoms with Crippen LogP contribution in [0.3, 0.4) is 0 Å². The van der Waals surface area contributed by atoms with Crippen LogP contribution in [-0.2, 0) is 0 Å². The van der Waals surface area contributed by atoms with Crippen molar-refractivity contribution in [2.45, 2.75) is 25.3 Å². The Hall–Kier alpha value is -1.32. The maximum Gasteiger partial charge on any atom is 0.127 e. The second-order valence-corrected chi connectivity index (χ2v) is 6.41. The Morgan fingerprint density at radius 2 is 1.55 bits per heavy atom. The van der Waals surface area contributed by atoms with E-state index in [1.54, 1.807) is 0 Å². The molecule has 1 saturated carbocycles. The molecule has 1 aliphatic carbocycles. The minimum atomic E-state index is 0.360. The van der Waals surface area contributed by atoms with Crippen molar-refractivity contribution < 1.29 is 4.74 Å². The van der Waals surface area contributed by atoms with Gasteiger partial charge in [0.1, 0.15) is 11.5 Å². The Bertz CT molecular complexity index is 579. The zero-order valence-corrected chi connectivity index (χ0v) is 13.0. The molecule has 0 spiro atoms. The van der Waals surface area contributed by atoms with E-state index >= 15 is 0 Å². The molecule has 0 aliphatic heterocycles. The van der Waals surface area contributed by atoms with E-state index in [1.165, 1.54) is 5.56 Å². The average Bonchev–Trinajstić information content (AvgIpc) is 2.48. The predicted octanol–water partition coefficient (Wildman–Crippen LogP) is 4.69. The van der Waals surface area contributed by atoms with Crippen LogP contribution < -0.4 is 10.5 Å². The molecule has 2 N–H and O–H groups in total. The van der Waals surface area contributed by atoms with Crippen molar-refractivity contribution in [2.24, 2.45) is 11.7 Å². The van der Waals surface area contributed by atoms with Gasteiger partial charge in [0.2, 0.25) is 0 Å². The van der Waals surface area contributed by atoms with Crippen LogP contribution in [0.1, 0.15) is 24.8 Å². The maximum atomic E-state index is 5.97. The molecule has 2 aromatic carbocycles. The first kappa shape index (κ1) is 13.7. The Morgan fingerprint density at radius 3 is 2.05 bits per heavy atom. The zero-order valence-electron chi connectivity index (χ0n) is 11.4. The van der Waals surface area contributed by atoms with E-state index in [2.05, 4.69) is 35.0 Å². The van der Waals surface area contributed by atoms with Crippen molar-refractivity contribution in [2.75, 3.05) is 0 Å². The van der Waals surface area contributed by atoms with Crippen LogP contribution in [0.2, 0.25) is 0 Å². The summed E-state index contributed by atoms with van der Waals surface area (Å²) in [5.41, 5.74) is 7.33. The predicted molar refractivity (Wildman–Crippen MR) is 85.2 cm³/mol. The third-order valence-electron chi connectivity index (χ3n) is 4.19. The molecule has 104 valence electrons. The molecule has 0 aromatic heterocycles. The van der Waals surface area contributed by atoms with Gasteiger partial charge in [-0.05, 0) is 60.2 Å². The smallest absolute Gasteiger partial charge is 0.127 e. The van der Waals surface area contributed by atoms with E-state index < -0.39 is 0 Å². The van der Waals surface area contributed by atoms with Crippen LogP contribution >= 0.6 is 15.9 Å². The Morgan fingerprint density at radius 1 is 1.00 bits per heavy atom. The van der Waals surface area contributed by atoms with Crippen molar-refractivity contribution in [3.05, 3.63) is 58.6 Å². The lowest BCUT2D eigenvalue weighted by Crippen LogP contribution is -2.44. The summed E-state index contributed by atoms with van der Waals surface area (Å²) in [6.07, 6.45) is 1.09. The van der Waals surface area contributed by atoms with Crippen molar-refractivity contribution >= 4 is 15.9 Å². The second kappa shape index (κ2) is 5.58. The number of benzene rings is 2. The number of hydrogen-bond acceptors (Lipinski definition) is 2. The highest BCUT2D eigenvalue weighted by atomic mass is 79.9. The number of rotatable bonds is 3. The first-order valence-corrected chi connectivity index (χ1v) is 7.72. The van der Waals surface area contributed by atoms with Crippen molar-refractivity contribution in [1.82, 2.24) is 0 Å². The van der Waals surface area contributed by atoms with Gasteiger partial charge in [0.25, 0.3) is 0 Å². The third kappa shape index (κ3) is 2.74. The van der Waals surface area contributed by atoms with E-state index in [-0.39, 0.29) is 0 Å². The molecular weight excluding hydrogens is 314 g/mol. The van der Waals surface area contributed by atoms with Crippen molar-refractivity contribution in [3.63, 3.8) is 0 Å². The summed E-state index contributed by atoms with van der Waals surface area (Å²) in [5, 5.41) is 0. The van der Waals surface area contributed by atoms with E-state index in [4.69, 9.17) is 10.5 Å². The van der Waals surface area contributed by atoms with Crippen LogP contribution in [-0.4, -0.2) is 6.04 Å². The SMILES string of the molecule is CC1C(N)CC1c1ccc(Oc2ccc(Br)cc2)cc1. The van der Waals surface area contributed by atoms with E-state index in [1.807, 2.05) is 36.4 Å². The van der Waals surface area contributed by atoms with Gasteiger partial charge in [-0.25, -0.2) is 0 Å². The molecule has 3 rings (SSSR count). The van der Waals surface area contributed by atoms with Crippen LogP contribution in [0.5, 0.6) is 11.5 Å². The van der Waals surface area contributed by atoms with Crippen molar-refractivity contribution in [3.8, 4) is 11.5 Å². The topological polar surface area (TPSA) is 35.2 Å². The molecule has 2 nitrogen and oxygen atoms in total. The quantitative estimate of drug-likeness (QED) is 0.885. The lowest BCUT2D eigenvalue weighted by Gasteiger charge is -2.40. The summed E-state index contributed by atoms with van der Waals surface area (Å²) in [6.45, 7) is 2.23. The van der Waals surface area contributed by atoms with Gasteiger partial charge in [0.15, 0.2) is 0 Å². The maximum absolute atomic E-state index is 5.97. The van der Waals surface area contributed by atoms with Crippen LogP contribution in [0.15, 0.2) is 53.0 Å². The van der Waals surface area contributed by atoms with E-state index in [0.29, 0.717) is 17.9 Å².